The minimum absolute atomic E-state index is 0.167. The van der Waals surface area contributed by atoms with Gasteiger partial charge >= 0.3 is 0 Å². The molecule has 0 aliphatic carbocycles. The van der Waals surface area contributed by atoms with E-state index in [1.165, 1.54) is 18.2 Å². The summed E-state index contributed by atoms with van der Waals surface area (Å²) in [5.41, 5.74) is 9.61. The molecule has 48 heavy (non-hydrogen) atoms. The van der Waals surface area contributed by atoms with Gasteiger partial charge in [-0.15, -0.1) is 0 Å². The van der Waals surface area contributed by atoms with E-state index in [2.05, 4.69) is 18.2 Å². The molecule has 0 bridgehead atoms. The highest BCUT2D eigenvalue weighted by Crippen LogP contribution is 2.41. The maximum atomic E-state index is 10.4. The summed E-state index contributed by atoms with van der Waals surface area (Å²) in [4.78, 5) is 0. The normalized spacial score (nSPS) is 11.0. The van der Waals surface area contributed by atoms with Crippen molar-refractivity contribution in [3.05, 3.63) is 146 Å². The zero-order valence-corrected chi connectivity index (χ0v) is 25.5. The second-order valence-corrected chi connectivity index (χ2v) is 11.6. The molecule has 6 N–H and O–H groups in total. The number of benzene rings is 7. The number of hydrogen-bond acceptors (Lipinski definition) is 6. The molecule has 6 heteroatoms. The molecule has 0 aliphatic heterocycles. The summed E-state index contributed by atoms with van der Waals surface area (Å²) in [6.07, 6.45) is 0. The van der Waals surface area contributed by atoms with Crippen molar-refractivity contribution in [2.75, 3.05) is 0 Å². The molecule has 0 aromatic heterocycles. The Bertz CT molecular complexity index is 2000. The van der Waals surface area contributed by atoms with Crippen LogP contribution in [-0.2, 0) is 0 Å². The Morgan fingerprint density at radius 3 is 0.708 bits per heavy atom. The van der Waals surface area contributed by atoms with Crippen molar-refractivity contribution in [3.63, 3.8) is 0 Å². The van der Waals surface area contributed by atoms with Gasteiger partial charge in [-0.3, -0.25) is 0 Å². The molecular weight excluding hydrogens is 600 g/mol. The smallest absolute Gasteiger partial charge is 0.165 e. The number of phenolic OH excluding ortho intramolecular Hbond substituents is 6. The van der Waals surface area contributed by atoms with Gasteiger partial charge < -0.3 is 30.6 Å². The molecule has 234 valence electrons. The van der Waals surface area contributed by atoms with Crippen molar-refractivity contribution in [1.82, 2.24) is 0 Å². The van der Waals surface area contributed by atoms with E-state index in [1.807, 2.05) is 72.8 Å². The molecule has 0 atom stereocenters. The molecule has 7 aromatic carbocycles. The Labute approximate surface area is 277 Å². The summed E-state index contributed by atoms with van der Waals surface area (Å²) < 4.78 is 0. The molecule has 0 aliphatic rings. The second kappa shape index (κ2) is 12.3. The van der Waals surface area contributed by atoms with Crippen molar-refractivity contribution in [2.45, 2.75) is 0 Å². The number of rotatable bonds is 6. The highest BCUT2D eigenvalue weighted by Gasteiger charge is 2.13. The van der Waals surface area contributed by atoms with Gasteiger partial charge in [0.15, 0.2) is 34.5 Å². The first-order chi connectivity index (χ1) is 23.3. The standard InChI is InChI=1S/C42H30O6/c43-37-7-1-4-34(40(37)46)28-16-10-25(11-17-28)31-22-32(26-12-18-29(19-13-26)35-5-2-8-38(44)41(35)47)24-33(23-31)27-14-20-30(21-15-27)36-6-3-9-39(45)42(36)48/h1-24,43-48H. The van der Waals surface area contributed by atoms with Gasteiger partial charge in [-0.2, -0.15) is 0 Å². The fourth-order valence-electron chi connectivity index (χ4n) is 5.95. The third-order valence-corrected chi connectivity index (χ3v) is 8.56. The van der Waals surface area contributed by atoms with Crippen LogP contribution in [0.5, 0.6) is 34.5 Å². The fourth-order valence-corrected chi connectivity index (χ4v) is 5.95. The molecule has 0 spiro atoms. The van der Waals surface area contributed by atoms with Crippen LogP contribution in [0.1, 0.15) is 0 Å². The molecule has 0 unspecified atom stereocenters. The van der Waals surface area contributed by atoms with Crippen LogP contribution in [-0.4, -0.2) is 30.6 Å². The Balaban J connectivity index is 1.30. The molecule has 0 saturated heterocycles. The Kier molecular flexibility index (Phi) is 7.67. The first kappa shape index (κ1) is 30.0. The maximum absolute atomic E-state index is 10.4. The summed E-state index contributed by atoms with van der Waals surface area (Å²) in [6.45, 7) is 0. The summed E-state index contributed by atoms with van der Waals surface area (Å²) >= 11 is 0. The summed E-state index contributed by atoms with van der Waals surface area (Å²) in [5, 5.41) is 61.2. The van der Waals surface area contributed by atoms with Gasteiger partial charge in [0.25, 0.3) is 0 Å². The van der Waals surface area contributed by atoms with Crippen LogP contribution in [0.4, 0.5) is 0 Å². The minimum Gasteiger partial charge on any atom is -0.504 e. The largest absolute Gasteiger partial charge is 0.504 e. The van der Waals surface area contributed by atoms with Crippen molar-refractivity contribution in [1.29, 1.82) is 0 Å². The van der Waals surface area contributed by atoms with Crippen LogP contribution in [0, 0.1) is 0 Å². The van der Waals surface area contributed by atoms with Gasteiger partial charge in [-0.25, -0.2) is 0 Å². The SMILES string of the molecule is Oc1cccc(-c2ccc(-c3cc(-c4ccc(-c5cccc(O)c5O)cc4)cc(-c4ccc(-c5cccc(O)c5O)cc4)c3)cc2)c1O. The molecule has 6 nitrogen and oxygen atoms in total. The van der Waals surface area contributed by atoms with E-state index in [9.17, 15) is 30.6 Å². The van der Waals surface area contributed by atoms with Gasteiger partial charge in [0.1, 0.15) is 0 Å². The quantitative estimate of drug-likeness (QED) is 0.102. The van der Waals surface area contributed by atoms with E-state index in [1.54, 1.807) is 36.4 Å². The van der Waals surface area contributed by atoms with E-state index in [4.69, 9.17) is 0 Å². The Hall–Kier alpha value is -6.66. The van der Waals surface area contributed by atoms with Gasteiger partial charge in [-0.1, -0.05) is 109 Å². The van der Waals surface area contributed by atoms with Crippen LogP contribution in [0.15, 0.2) is 146 Å². The number of para-hydroxylation sites is 3. The van der Waals surface area contributed by atoms with Crippen molar-refractivity contribution in [2.24, 2.45) is 0 Å². The van der Waals surface area contributed by atoms with Crippen LogP contribution in [0.2, 0.25) is 0 Å². The third kappa shape index (κ3) is 5.63. The van der Waals surface area contributed by atoms with Gasteiger partial charge in [0.05, 0.1) is 0 Å². The van der Waals surface area contributed by atoms with Crippen LogP contribution < -0.4 is 0 Å². The first-order valence-corrected chi connectivity index (χ1v) is 15.3. The zero-order chi connectivity index (χ0) is 33.4. The van der Waals surface area contributed by atoms with Crippen molar-refractivity contribution < 1.29 is 30.6 Å². The highest BCUT2D eigenvalue weighted by atomic mass is 16.3. The zero-order valence-electron chi connectivity index (χ0n) is 25.5. The van der Waals surface area contributed by atoms with E-state index in [-0.39, 0.29) is 34.5 Å². The summed E-state index contributed by atoms with van der Waals surface area (Å²) in [5.74, 6) is -1.03. The highest BCUT2D eigenvalue weighted by molar-refractivity contribution is 5.85. The van der Waals surface area contributed by atoms with Crippen molar-refractivity contribution in [3.8, 4) is 101 Å². The lowest BCUT2D eigenvalue weighted by molar-refractivity contribution is 0.405. The molecule has 0 radical (unpaired) electrons. The number of phenols is 6. The molecule has 7 aromatic rings. The van der Waals surface area contributed by atoms with Gasteiger partial charge in [0.2, 0.25) is 0 Å². The fraction of sp³-hybridized carbons (Fsp3) is 0. The Morgan fingerprint density at radius 2 is 0.458 bits per heavy atom. The van der Waals surface area contributed by atoms with E-state index >= 15 is 0 Å². The molecule has 0 amide bonds. The second-order valence-electron chi connectivity index (χ2n) is 11.6. The average Bonchev–Trinajstić information content (AvgIpc) is 3.12. The van der Waals surface area contributed by atoms with Crippen LogP contribution in [0.3, 0.4) is 0 Å². The molecule has 0 heterocycles. The van der Waals surface area contributed by atoms with E-state index < -0.39 is 0 Å². The van der Waals surface area contributed by atoms with Gasteiger partial charge in [-0.05, 0) is 86.5 Å². The first-order valence-electron chi connectivity index (χ1n) is 15.3. The minimum atomic E-state index is -0.176. The summed E-state index contributed by atoms with van der Waals surface area (Å²) in [7, 11) is 0. The topological polar surface area (TPSA) is 121 Å². The van der Waals surface area contributed by atoms with Gasteiger partial charge in [0, 0.05) is 16.7 Å². The predicted octanol–water partition coefficient (Wildman–Crippen LogP) is 9.92. The molecule has 0 fully saturated rings. The van der Waals surface area contributed by atoms with Crippen LogP contribution >= 0.6 is 0 Å². The monoisotopic (exact) mass is 630 g/mol. The molecular formula is C42H30O6. The molecule has 7 rings (SSSR count). The van der Waals surface area contributed by atoms with Crippen LogP contribution in [0.25, 0.3) is 66.8 Å². The lowest BCUT2D eigenvalue weighted by Crippen LogP contribution is -1.88. The number of hydrogen-bond donors (Lipinski definition) is 6. The average molecular weight is 631 g/mol. The molecule has 0 saturated carbocycles. The van der Waals surface area contributed by atoms with E-state index in [0.29, 0.717) is 16.7 Å². The summed E-state index contributed by atoms with van der Waals surface area (Å²) in [6, 6.07) is 44.2. The lowest BCUT2D eigenvalue weighted by Gasteiger charge is -2.14. The van der Waals surface area contributed by atoms with Crippen molar-refractivity contribution >= 4 is 0 Å². The lowest BCUT2D eigenvalue weighted by atomic mass is 9.91. The maximum Gasteiger partial charge on any atom is 0.165 e. The van der Waals surface area contributed by atoms with E-state index in [0.717, 1.165) is 50.1 Å². The predicted molar refractivity (Wildman–Crippen MR) is 189 cm³/mol. The Morgan fingerprint density at radius 1 is 0.229 bits per heavy atom. The number of aromatic hydroxyl groups is 6. The third-order valence-electron chi connectivity index (χ3n) is 8.56.